The van der Waals surface area contributed by atoms with Crippen LogP contribution in [0.4, 0.5) is 0 Å². The van der Waals surface area contributed by atoms with Gasteiger partial charge in [0.1, 0.15) is 0 Å². The summed E-state index contributed by atoms with van der Waals surface area (Å²) in [5.41, 5.74) is 2.80. The molecule has 15 heavy (non-hydrogen) atoms. The van der Waals surface area contributed by atoms with Gasteiger partial charge in [0.25, 0.3) is 0 Å². The Kier molecular flexibility index (Phi) is 3.81. The Morgan fingerprint density at radius 2 is 1.80 bits per heavy atom. The molecule has 1 N–H and O–H groups in total. The van der Waals surface area contributed by atoms with Gasteiger partial charge in [-0.15, -0.1) is 5.73 Å². The summed E-state index contributed by atoms with van der Waals surface area (Å²) in [6.07, 6.45) is 7.72. The average Bonchev–Trinajstić information content (AvgIpc) is 2.14. The molecule has 1 saturated carbocycles. The van der Waals surface area contributed by atoms with Crippen molar-refractivity contribution < 1.29 is 5.11 Å². The highest BCUT2D eigenvalue weighted by Gasteiger charge is 2.35. The Bertz CT molecular complexity index is 256. The predicted octanol–water partition coefficient (Wildman–Crippen LogP) is 3.69. The maximum atomic E-state index is 10.2. The molecule has 0 atom stereocenters. The summed E-state index contributed by atoms with van der Waals surface area (Å²) in [6.45, 7) is 8.82. The molecule has 0 amide bonds. The van der Waals surface area contributed by atoms with Gasteiger partial charge in [0, 0.05) is 0 Å². The van der Waals surface area contributed by atoms with E-state index >= 15 is 0 Å². The Morgan fingerprint density at radius 3 is 2.20 bits per heavy atom. The van der Waals surface area contributed by atoms with E-state index in [0.29, 0.717) is 5.41 Å². The molecule has 0 aromatic heterocycles. The fraction of sp³-hybridized carbons (Fsp3) is 0.786. The van der Waals surface area contributed by atoms with Gasteiger partial charge in [0.15, 0.2) is 0 Å². The van der Waals surface area contributed by atoms with E-state index in [1.165, 1.54) is 0 Å². The van der Waals surface area contributed by atoms with Gasteiger partial charge in [-0.25, -0.2) is 0 Å². The summed E-state index contributed by atoms with van der Waals surface area (Å²) in [6, 6.07) is 0. The zero-order valence-corrected chi connectivity index (χ0v) is 10.5. The summed E-state index contributed by atoms with van der Waals surface area (Å²) in [5, 5.41) is 10.2. The lowest BCUT2D eigenvalue weighted by molar-refractivity contribution is 0.0138. The quantitative estimate of drug-likeness (QED) is 0.652. The maximum absolute atomic E-state index is 10.2. The van der Waals surface area contributed by atoms with Crippen molar-refractivity contribution >= 4 is 0 Å². The number of hydrogen-bond acceptors (Lipinski definition) is 1. The van der Waals surface area contributed by atoms with Gasteiger partial charge in [-0.2, -0.15) is 0 Å². The van der Waals surface area contributed by atoms with Gasteiger partial charge >= 0.3 is 0 Å². The molecule has 0 spiro atoms. The van der Waals surface area contributed by atoms with E-state index < -0.39 is 5.60 Å². The Morgan fingerprint density at radius 1 is 1.27 bits per heavy atom. The van der Waals surface area contributed by atoms with Crippen LogP contribution in [0, 0.1) is 11.3 Å². The maximum Gasteiger partial charge on any atom is 0.0901 e. The lowest BCUT2D eigenvalue weighted by Gasteiger charge is -2.39. The zero-order valence-electron chi connectivity index (χ0n) is 10.5. The third kappa shape index (κ3) is 3.52. The van der Waals surface area contributed by atoms with Gasteiger partial charge in [-0.3, -0.25) is 0 Å². The summed E-state index contributed by atoms with van der Waals surface area (Å²) in [4.78, 5) is 0. The second kappa shape index (κ2) is 4.55. The average molecular weight is 208 g/mol. The number of aliphatic hydroxyl groups is 1. The Hall–Kier alpha value is -0.520. The van der Waals surface area contributed by atoms with Crippen molar-refractivity contribution in [2.75, 3.05) is 0 Å². The highest BCUT2D eigenvalue weighted by molar-refractivity contribution is 5.03. The largest absolute Gasteiger partial charge is 0.385 e. The molecule has 0 bridgehead atoms. The van der Waals surface area contributed by atoms with Crippen LogP contribution in [0.3, 0.4) is 0 Å². The molecule has 1 aliphatic carbocycles. The first-order valence-corrected chi connectivity index (χ1v) is 5.98. The Balaban J connectivity index is 2.59. The van der Waals surface area contributed by atoms with Gasteiger partial charge in [0.2, 0.25) is 0 Å². The summed E-state index contributed by atoms with van der Waals surface area (Å²) in [5.74, 6) is 0.747. The van der Waals surface area contributed by atoms with E-state index in [9.17, 15) is 5.11 Å². The molecule has 86 valence electrons. The van der Waals surface area contributed by atoms with Crippen LogP contribution in [-0.2, 0) is 0 Å². The van der Waals surface area contributed by atoms with Crippen molar-refractivity contribution in [3.8, 4) is 0 Å². The minimum absolute atomic E-state index is 0.381. The molecular weight excluding hydrogens is 184 g/mol. The standard InChI is InChI=1S/C14H24O/c1-5-6-9-14(15)10-7-12(8-11-14)13(2,3)4/h5,9,12,15H,7-8,10-11H2,1-4H3. The van der Waals surface area contributed by atoms with E-state index in [1.54, 1.807) is 0 Å². The fourth-order valence-corrected chi connectivity index (χ4v) is 2.37. The van der Waals surface area contributed by atoms with Crippen molar-refractivity contribution in [2.45, 2.75) is 59.0 Å². The molecule has 1 rings (SSSR count). The summed E-state index contributed by atoms with van der Waals surface area (Å²) < 4.78 is 0. The van der Waals surface area contributed by atoms with Crippen molar-refractivity contribution in [3.05, 3.63) is 17.9 Å². The van der Waals surface area contributed by atoms with E-state index in [4.69, 9.17) is 0 Å². The van der Waals surface area contributed by atoms with Gasteiger partial charge in [-0.1, -0.05) is 20.8 Å². The summed E-state index contributed by atoms with van der Waals surface area (Å²) >= 11 is 0. The minimum atomic E-state index is -0.589. The molecule has 0 aromatic carbocycles. The third-order valence-electron chi connectivity index (χ3n) is 3.59. The number of rotatable bonds is 1. The third-order valence-corrected chi connectivity index (χ3v) is 3.59. The molecule has 1 aliphatic rings. The van der Waals surface area contributed by atoms with Crippen LogP contribution in [0.1, 0.15) is 53.4 Å². The molecule has 1 fully saturated rings. The molecule has 1 heteroatoms. The topological polar surface area (TPSA) is 20.2 Å². The highest BCUT2D eigenvalue weighted by atomic mass is 16.3. The van der Waals surface area contributed by atoms with E-state index in [1.807, 2.05) is 19.1 Å². The molecule has 0 radical (unpaired) electrons. The lowest BCUT2D eigenvalue weighted by Crippen LogP contribution is -2.35. The first-order chi connectivity index (χ1) is 6.87. The molecule has 0 unspecified atom stereocenters. The van der Waals surface area contributed by atoms with Crippen LogP contribution in [0.2, 0.25) is 0 Å². The molecular formula is C14H24O. The van der Waals surface area contributed by atoms with Crippen LogP contribution in [0.15, 0.2) is 17.9 Å². The molecule has 0 aliphatic heterocycles. The molecule has 0 aromatic rings. The Labute approximate surface area is 93.9 Å². The predicted molar refractivity (Wildman–Crippen MR) is 64.7 cm³/mol. The van der Waals surface area contributed by atoms with Gasteiger partial charge < -0.3 is 5.11 Å². The van der Waals surface area contributed by atoms with Crippen LogP contribution >= 0.6 is 0 Å². The fourth-order valence-electron chi connectivity index (χ4n) is 2.37. The molecule has 1 nitrogen and oxygen atoms in total. The van der Waals surface area contributed by atoms with Crippen molar-refractivity contribution in [1.82, 2.24) is 0 Å². The second-order valence-corrected chi connectivity index (χ2v) is 5.84. The van der Waals surface area contributed by atoms with Crippen LogP contribution in [0.25, 0.3) is 0 Å². The highest BCUT2D eigenvalue weighted by Crippen LogP contribution is 2.41. The second-order valence-electron chi connectivity index (χ2n) is 5.84. The lowest BCUT2D eigenvalue weighted by atomic mass is 9.68. The van der Waals surface area contributed by atoms with Crippen molar-refractivity contribution in [1.29, 1.82) is 0 Å². The summed E-state index contributed by atoms with van der Waals surface area (Å²) in [7, 11) is 0. The van der Waals surface area contributed by atoms with Crippen LogP contribution < -0.4 is 0 Å². The van der Waals surface area contributed by atoms with Gasteiger partial charge in [-0.05, 0) is 56.1 Å². The van der Waals surface area contributed by atoms with E-state index in [0.717, 1.165) is 31.6 Å². The normalized spacial score (nSPS) is 31.9. The molecule has 0 saturated heterocycles. The smallest absolute Gasteiger partial charge is 0.0901 e. The van der Waals surface area contributed by atoms with Crippen LogP contribution in [0.5, 0.6) is 0 Å². The first-order valence-electron chi connectivity index (χ1n) is 5.98. The first kappa shape index (κ1) is 12.5. The monoisotopic (exact) mass is 208 g/mol. The zero-order chi connectivity index (χ0) is 11.5. The SMILES string of the molecule is CC=C=CC1(O)CCC(C(C)(C)C)CC1. The van der Waals surface area contributed by atoms with Crippen LogP contribution in [-0.4, -0.2) is 10.7 Å². The molecule has 0 heterocycles. The minimum Gasteiger partial charge on any atom is -0.385 e. The van der Waals surface area contributed by atoms with E-state index in [2.05, 4.69) is 26.5 Å². The number of hydrogen-bond donors (Lipinski definition) is 1. The van der Waals surface area contributed by atoms with E-state index in [-0.39, 0.29) is 0 Å². The van der Waals surface area contributed by atoms with Gasteiger partial charge in [0.05, 0.1) is 5.60 Å². The van der Waals surface area contributed by atoms with Crippen molar-refractivity contribution in [2.24, 2.45) is 11.3 Å². The van der Waals surface area contributed by atoms with Crippen molar-refractivity contribution in [3.63, 3.8) is 0 Å².